The lowest BCUT2D eigenvalue weighted by Crippen LogP contribution is -2.45. The lowest BCUT2D eigenvalue weighted by molar-refractivity contribution is 0.311. The topological polar surface area (TPSA) is 76.1 Å². The van der Waals surface area contributed by atoms with E-state index in [2.05, 4.69) is 26.9 Å². The molecule has 0 aliphatic carbocycles. The number of hydrogen-bond acceptors (Lipinski definition) is 6. The summed E-state index contributed by atoms with van der Waals surface area (Å²) in [6.45, 7) is 3.26. The molecule has 2 aromatic heterocycles. The number of nitrogen functional groups attached to an aromatic ring is 1. The number of halogens is 3. The maximum atomic E-state index is 13.8. The molecule has 4 aromatic rings. The van der Waals surface area contributed by atoms with Gasteiger partial charge in [0.15, 0.2) is 5.65 Å². The third-order valence-electron chi connectivity index (χ3n) is 5.59. The van der Waals surface area contributed by atoms with E-state index in [0.29, 0.717) is 33.9 Å². The van der Waals surface area contributed by atoms with Crippen molar-refractivity contribution in [2.24, 2.45) is 0 Å². The molecule has 0 bridgehead atoms. The summed E-state index contributed by atoms with van der Waals surface area (Å²) < 4.78 is 29.1. The molecule has 3 heterocycles. The number of piperazine rings is 1. The van der Waals surface area contributed by atoms with Crippen molar-refractivity contribution < 1.29 is 8.78 Å². The van der Waals surface area contributed by atoms with Crippen molar-refractivity contribution in [2.45, 2.75) is 0 Å². The van der Waals surface area contributed by atoms with Crippen LogP contribution in [-0.4, -0.2) is 57.9 Å². The Labute approximate surface area is 188 Å². The number of rotatable bonds is 3. The van der Waals surface area contributed by atoms with Crippen LogP contribution in [0.5, 0.6) is 0 Å². The standard InChI is InChI=1S/C22H20ClF2N7/c1-30-7-9-31(10-8-30)22-27-19(13-5-6-17(25)16(23)11-13)18-20(26)32(29-21(18)28-22)15-4-2-3-14(24)12-15/h2-6,11-12H,7-10,26H2,1H3. The SMILES string of the molecule is CN1CCN(c2nc(-c3ccc(F)c(Cl)c3)c3c(N)n(-c4cccc(F)c4)nc3n2)CC1. The number of hydrogen-bond donors (Lipinski definition) is 1. The van der Waals surface area contributed by atoms with Crippen molar-refractivity contribution in [1.82, 2.24) is 24.6 Å². The highest BCUT2D eigenvalue weighted by Gasteiger charge is 2.23. The van der Waals surface area contributed by atoms with E-state index in [4.69, 9.17) is 22.3 Å². The molecule has 32 heavy (non-hydrogen) atoms. The van der Waals surface area contributed by atoms with Crippen LogP contribution in [0.15, 0.2) is 42.5 Å². The summed E-state index contributed by atoms with van der Waals surface area (Å²) in [4.78, 5) is 13.8. The quantitative estimate of drug-likeness (QED) is 0.507. The van der Waals surface area contributed by atoms with Crippen LogP contribution in [0.4, 0.5) is 20.5 Å². The number of fused-ring (bicyclic) bond motifs is 1. The van der Waals surface area contributed by atoms with Crippen molar-refractivity contribution in [3.8, 4) is 16.9 Å². The molecule has 1 saturated heterocycles. The van der Waals surface area contributed by atoms with Gasteiger partial charge in [-0.1, -0.05) is 17.7 Å². The van der Waals surface area contributed by atoms with Gasteiger partial charge in [0.2, 0.25) is 5.95 Å². The monoisotopic (exact) mass is 455 g/mol. The Balaban J connectivity index is 1.73. The summed E-state index contributed by atoms with van der Waals surface area (Å²) in [5, 5.41) is 5.02. The fraction of sp³-hybridized carbons (Fsp3) is 0.227. The third kappa shape index (κ3) is 3.63. The van der Waals surface area contributed by atoms with Gasteiger partial charge in [0.1, 0.15) is 17.5 Å². The van der Waals surface area contributed by atoms with Crippen molar-refractivity contribution in [1.29, 1.82) is 0 Å². The molecule has 2 N–H and O–H groups in total. The largest absolute Gasteiger partial charge is 0.383 e. The molecule has 7 nitrogen and oxygen atoms in total. The van der Waals surface area contributed by atoms with E-state index >= 15 is 0 Å². The molecule has 0 radical (unpaired) electrons. The summed E-state index contributed by atoms with van der Waals surface area (Å²) in [6, 6.07) is 10.4. The fourth-order valence-electron chi connectivity index (χ4n) is 3.81. The third-order valence-corrected chi connectivity index (χ3v) is 5.88. The van der Waals surface area contributed by atoms with Gasteiger partial charge in [-0.15, -0.1) is 5.10 Å². The van der Waals surface area contributed by atoms with Gasteiger partial charge in [-0.05, 0) is 43.4 Å². The average Bonchev–Trinajstić information content (AvgIpc) is 3.12. The summed E-state index contributed by atoms with van der Waals surface area (Å²) in [5.74, 6) is -0.171. The Bertz CT molecular complexity index is 1320. The van der Waals surface area contributed by atoms with E-state index in [1.165, 1.54) is 28.9 Å². The van der Waals surface area contributed by atoms with Gasteiger partial charge in [0, 0.05) is 31.7 Å². The van der Waals surface area contributed by atoms with Gasteiger partial charge < -0.3 is 15.5 Å². The first-order chi connectivity index (χ1) is 15.4. The highest BCUT2D eigenvalue weighted by Crippen LogP contribution is 2.35. The van der Waals surface area contributed by atoms with Gasteiger partial charge >= 0.3 is 0 Å². The molecule has 0 saturated carbocycles. The minimum absolute atomic E-state index is 0.0218. The van der Waals surface area contributed by atoms with Crippen LogP contribution in [0, 0.1) is 11.6 Å². The minimum Gasteiger partial charge on any atom is -0.383 e. The lowest BCUT2D eigenvalue weighted by Gasteiger charge is -2.32. The molecule has 0 amide bonds. The zero-order valence-corrected chi connectivity index (χ0v) is 18.0. The number of aromatic nitrogens is 4. The maximum absolute atomic E-state index is 13.8. The van der Waals surface area contributed by atoms with E-state index in [-0.39, 0.29) is 10.8 Å². The summed E-state index contributed by atoms with van der Waals surface area (Å²) in [5.41, 5.74) is 8.35. The van der Waals surface area contributed by atoms with Crippen LogP contribution in [0.1, 0.15) is 0 Å². The molecular weight excluding hydrogens is 436 g/mol. The first-order valence-corrected chi connectivity index (χ1v) is 10.5. The lowest BCUT2D eigenvalue weighted by atomic mass is 10.1. The highest BCUT2D eigenvalue weighted by atomic mass is 35.5. The van der Waals surface area contributed by atoms with Crippen LogP contribution >= 0.6 is 11.6 Å². The van der Waals surface area contributed by atoms with Crippen LogP contribution in [0.3, 0.4) is 0 Å². The van der Waals surface area contributed by atoms with Crippen molar-refractivity contribution >= 4 is 34.4 Å². The van der Waals surface area contributed by atoms with Gasteiger partial charge in [-0.3, -0.25) is 0 Å². The second kappa shape index (κ2) is 7.99. The van der Waals surface area contributed by atoms with Crippen LogP contribution in [0.2, 0.25) is 5.02 Å². The molecular formula is C22H20ClF2N7. The van der Waals surface area contributed by atoms with E-state index in [0.717, 1.165) is 26.2 Å². The molecule has 1 aliphatic heterocycles. The average molecular weight is 456 g/mol. The zero-order chi connectivity index (χ0) is 22.4. The first-order valence-electron chi connectivity index (χ1n) is 10.1. The molecule has 0 atom stereocenters. The second-order valence-corrected chi connectivity index (χ2v) is 8.17. The van der Waals surface area contributed by atoms with Crippen LogP contribution in [-0.2, 0) is 0 Å². The van der Waals surface area contributed by atoms with Crippen LogP contribution < -0.4 is 10.6 Å². The van der Waals surface area contributed by atoms with E-state index in [1.54, 1.807) is 18.2 Å². The Morgan fingerprint density at radius 2 is 1.78 bits per heavy atom. The van der Waals surface area contributed by atoms with Gasteiger partial charge in [-0.2, -0.15) is 4.98 Å². The Kier molecular flexibility index (Phi) is 5.15. The van der Waals surface area contributed by atoms with Crippen molar-refractivity contribution in [3.63, 3.8) is 0 Å². The summed E-state index contributed by atoms with van der Waals surface area (Å²) in [7, 11) is 2.06. The van der Waals surface area contributed by atoms with Gasteiger partial charge in [-0.25, -0.2) is 18.4 Å². The molecule has 2 aromatic carbocycles. The molecule has 1 aliphatic rings. The van der Waals surface area contributed by atoms with Crippen molar-refractivity contribution in [3.05, 3.63) is 59.1 Å². The summed E-state index contributed by atoms with van der Waals surface area (Å²) in [6.07, 6.45) is 0. The van der Waals surface area contributed by atoms with Gasteiger partial charge in [0.05, 0.1) is 21.8 Å². The molecule has 5 rings (SSSR count). The van der Waals surface area contributed by atoms with E-state index < -0.39 is 11.6 Å². The highest BCUT2D eigenvalue weighted by molar-refractivity contribution is 6.31. The smallest absolute Gasteiger partial charge is 0.228 e. The fourth-order valence-corrected chi connectivity index (χ4v) is 3.99. The van der Waals surface area contributed by atoms with Gasteiger partial charge in [0.25, 0.3) is 0 Å². The molecule has 1 fully saturated rings. The number of likely N-dealkylation sites (N-methyl/N-ethyl adjacent to an activating group) is 1. The molecule has 164 valence electrons. The minimum atomic E-state index is -0.525. The molecule has 10 heteroatoms. The second-order valence-electron chi connectivity index (χ2n) is 7.77. The Morgan fingerprint density at radius 1 is 1.00 bits per heavy atom. The van der Waals surface area contributed by atoms with E-state index in [9.17, 15) is 8.78 Å². The molecule has 0 spiro atoms. The number of anilines is 2. The number of nitrogens with zero attached hydrogens (tertiary/aromatic N) is 6. The van der Waals surface area contributed by atoms with Crippen LogP contribution in [0.25, 0.3) is 28.0 Å². The normalized spacial score (nSPS) is 14.9. The number of benzene rings is 2. The predicted octanol–water partition coefficient (Wildman–Crippen LogP) is 3.75. The zero-order valence-electron chi connectivity index (χ0n) is 17.3. The Hall–Kier alpha value is -3.30. The first kappa shape index (κ1) is 20.6. The molecule has 0 unspecified atom stereocenters. The summed E-state index contributed by atoms with van der Waals surface area (Å²) >= 11 is 6.05. The van der Waals surface area contributed by atoms with E-state index in [1.807, 2.05) is 0 Å². The maximum Gasteiger partial charge on any atom is 0.228 e. The predicted molar refractivity (Wildman–Crippen MR) is 121 cm³/mol. The van der Waals surface area contributed by atoms with Crippen molar-refractivity contribution in [2.75, 3.05) is 43.9 Å². The Morgan fingerprint density at radius 3 is 2.50 bits per heavy atom. The number of nitrogens with two attached hydrogens (primary N) is 1.